The third-order valence-corrected chi connectivity index (χ3v) is 2.63. The Morgan fingerprint density at radius 2 is 2.00 bits per heavy atom. The molecule has 0 aliphatic carbocycles. The van der Waals surface area contributed by atoms with E-state index >= 15 is 0 Å². The van der Waals surface area contributed by atoms with Gasteiger partial charge in [0.1, 0.15) is 0 Å². The minimum absolute atomic E-state index is 0.188. The Kier molecular flexibility index (Phi) is 3.32. The summed E-state index contributed by atoms with van der Waals surface area (Å²) in [6.07, 6.45) is -3.24. The van der Waals surface area contributed by atoms with Crippen molar-refractivity contribution in [3.63, 3.8) is 0 Å². The normalized spacial score (nSPS) is 11.8. The summed E-state index contributed by atoms with van der Waals surface area (Å²) in [7, 11) is 0. The summed E-state index contributed by atoms with van der Waals surface area (Å²) in [5.41, 5.74) is 5.68. The van der Waals surface area contributed by atoms with Gasteiger partial charge in [-0.2, -0.15) is 18.3 Å². The fourth-order valence-corrected chi connectivity index (χ4v) is 1.70. The lowest BCUT2D eigenvalue weighted by Crippen LogP contribution is -2.09. The first kappa shape index (κ1) is 12.9. The van der Waals surface area contributed by atoms with Crippen LogP contribution in [0.25, 0.3) is 5.69 Å². The number of nitrogens with zero attached hydrogens (tertiary/aromatic N) is 2. The van der Waals surface area contributed by atoms with Crippen molar-refractivity contribution in [1.29, 1.82) is 0 Å². The predicted octanol–water partition coefficient (Wildman–Crippen LogP) is 3.00. The van der Waals surface area contributed by atoms with Crippen molar-refractivity contribution in [2.75, 3.05) is 0 Å². The summed E-state index contributed by atoms with van der Waals surface area (Å²) in [5.74, 6) is 0. The lowest BCUT2D eigenvalue weighted by Gasteiger charge is -2.08. The van der Waals surface area contributed by atoms with Gasteiger partial charge in [0.2, 0.25) is 0 Å². The Balaban J connectivity index is 2.49. The van der Waals surface area contributed by atoms with Crippen LogP contribution in [-0.4, -0.2) is 9.78 Å². The zero-order valence-electron chi connectivity index (χ0n) is 9.08. The van der Waals surface area contributed by atoms with Crippen molar-refractivity contribution in [2.45, 2.75) is 12.7 Å². The third kappa shape index (κ3) is 2.49. The van der Waals surface area contributed by atoms with Crippen molar-refractivity contribution in [2.24, 2.45) is 5.73 Å². The van der Waals surface area contributed by atoms with E-state index in [0.29, 0.717) is 16.3 Å². The SMILES string of the molecule is NCc1ccc(Cl)cc1-n1ccc(C(F)(F)F)n1. The van der Waals surface area contributed by atoms with Crippen molar-refractivity contribution >= 4 is 11.6 Å². The van der Waals surface area contributed by atoms with Crippen LogP contribution >= 0.6 is 11.6 Å². The van der Waals surface area contributed by atoms with Crippen molar-refractivity contribution in [3.8, 4) is 5.69 Å². The van der Waals surface area contributed by atoms with Crippen LogP contribution in [0.4, 0.5) is 13.2 Å². The molecule has 0 radical (unpaired) electrons. The number of alkyl halides is 3. The lowest BCUT2D eigenvalue weighted by molar-refractivity contribution is -0.141. The van der Waals surface area contributed by atoms with Gasteiger partial charge in [0, 0.05) is 17.8 Å². The molecule has 2 N–H and O–H groups in total. The summed E-state index contributed by atoms with van der Waals surface area (Å²) in [4.78, 5) is 0. The second kappa shape index (κ2) is 4.62. The topological polar surface area (TPSA) is 43.8 Å². The predicted molar refractivity (Wildman–Crippen MR) is 61.5 cm³/mol. The van der Waals surface area contributed by atoms with Crippen LogP contribution in [0.5, 0.6) is 0 Å². The molecule has 2 rings (SSSR count). The smallest absolute Gasteiger partial charge is 0.326 e. The Hall–Kier alpha value is -1.53. The van der Waals surface area contributed by atoms with E-state index in [1.54, 1.807) is 12.1 Å². The highest BCUT2D eigenvalue weighted by Gasteiger charge is 2.33. The molecule has 18 heavy (non-hydrogen) atoms. The molecule has 0 amide bonds. The largest absolute Gasteiger partial charge is 0.435 e. The lowest BCUT2D eigenvalue weighted by atomic mass is 10.2. The first-order valence-corrected chi connectivity index (χ1v) is 5.41. The van der Waals surface area contributed by atoms with Gasteiger partial charge in [-0.25, -0.2) is 4.68 Å². The van der Waals surface area contributed by atoms with E-state index in [0.717, 1.165) is 10.7 Å². The standard InChI is InChI=1S/C11H9ClF3N3/c12-8-2-1-7(6-16)9(5-8)18-4-3-10(17-18)11(13,14)15/h1-5H,6,16H2. The minimum atomic E-state index is -4.47. The number of hydrogen-bond donors (Lipinski definition) is 1. The maximum Gasteiger partial charge on any atom is 0.435 e. The van der Waals surface area contributed by atoms with Gasteiger partial charge in [0.05, 0.1) is 5.69 Å². The van der Waals surface area contributed by atoms with Crippen molar-refractivity contribution in [1.82, 2.24) is 9.78 Å². The van der Waals surface area contributed by atoms with Crippen LogP contribution in [0.15, 0.2) is 30.5 Å². The molecule has 1 aromatic heterocycles. The van der Waals surface area contributed by atoms with E-state index in [4.69, 9.17) is 17.3 Å². The molecule has 0 aliphatic rings. The summed E-state index contributed by atoms with van der Waals surface area (Å²) in [6, 6.07) is 5.71. The molecule has 0 aliphatic heterocycles. The summed E-state index contributed by atoms with van der Waals surface area (Å²) >= 11 is 5.82. The van der Waals surface area contributed by atoms with Gasteiger partial charge in [-0.1, -0.05) is 17.7 Å². The van der Waals surface area contributed by atoms with Crippen LogP contribution < -0.4 is 5.73 Å². The molecule has 2 aromatic rings. The molecular formula is C11H9ClF3N3. The quantitative estimate of drug-likeness (QED) is 0.916. The maximum atomic E-state index is 12.5. The number of hydrogen-bond acceptors (Lipinski definition) is 2. The molecule has 1 aromatic carbocycles. The summed E-state index contributed by atoms with van der Waals surface area (Å²) in [5, 5.41) is 3.89. The van der Waals surface area contributed by atoms with Crippen LogP contribution in [0, 0.1) is 0 Å². The second-order valence-electron chi connectivity index (χ2n) is 3.62. The highest BCUT2D eigenvalue weighted by molar-refractivity contribution is 6.30. The fourth-order valence-electron chi connectivity index (χ4n) is 1.53. The van der Waals surface area contributed by atoms with Gasteiger partial charge in [-0.15, -0.1) is 0 Å². The second-order valence-corrected chi connectivity index (χ2v) is 4.06. The van der Waals surface area contributed by atoms with Gasteiger partial charge in [-0.05, 0) is 23.8 Å². The average Bonchev–Trinajstić information content (AvgIpc) is 2.77. The Morgan fingerprint density at radius 3 is 2.56 bits per heavy atom. The zero-order chi connectivity index (χ0) is 13.3. The molecule has 1 heterocycles. The zero-order valence-corrected chi connectivity index (χ0v) is 9.83. The number of benzene rings is 1. The van der Waals surface area contributed by atoms with E-state index < -0.39 is 11.9 Å². The first-order valence-electron chi connectivity index (χ1n) is 5.03. The highest BCUT2D eigenvalue weighted by atomic mass is 35.5. The molecule has 0 spiro atoms. The average molecular weight is 276 g/mol. The number of aromatic nitrogens is 2. The van der Waals surface area contributed by atoms with Gasteiger partial charge in [0.15, 0.2) is 5.69 Å². The Labute approximate surface area is 106 Å². The summed E-state index contributed by atoms with van der Waals surface area (Å²) < 4.78 is 38.5. The molecule has 96 valence electrons. The van der Waals surface area contributed by atoms with Crippen LogP contribution in [-0.2, 0) is 12.7 Å². The molecule has 3 nitrogen and oxygen atoms in total. The molecule has 7 heteroatoms. The van der Waals surface area contributed by atoms with Gasteiger partial charge in [0.25, 0.3) is 0 Å². The Morgan fingerprint density at radius 1 is 1.28 bits per heavy atom. The van der Waals surface area contributed by atoms with Crippen LogP contribution in [0.2, 0.25) is 5.02 Å². The highest BCUT2D eigenvalue weighted by Crippen LogP contribution is 2.28. The molecule has 0 saturated carbocycles. The minimum Gasteiger partial charge on any atom is -0.326 e. The third-order valence-electron chi connectivity index (χ3n) is 2.39. The van der Waals surface area contributed by atoms with E-state index in [1.165, 1.54) is 12.3 Å². The maximum absolute atomic E-state index is 12.5. The number of halogens is 4. The van der Waals surface area contributed by atoms with Crippen LogP contribution in [0.3, 0.4) is 0 Å². The molecule has 0 bridgehead atoms. The van der Waals surface area contributed by atoms with E-state index in [9.17, 15) is 13.2 Å². The molecule has 0 unspecified atom stereocenters. The van der Waals surface area contributed by atoms with Crippen molar-refractivity contribution < 1.29 is 13.2 Å². The summed E-state index contributed by atoms with van der Waals surface area (Å²) in [6.45, 7) is 0.188. The molecule has 0 saturated heterocycles. The van der Waals surface area contributed by atoms with E-state index in [-0.39, 0.29) is 6.54 Å². The monoisotopic (exact) mass is 275 g/mol. The van der Waals surface area contributed by atoms with E-state index in [2.05, 4.69) is 5.10 Å². The molecular weight excluding hydrogens is 267 g/mol. The van der Waals surface area contributed by atoms with Gasteiger partial charge >= 0.3 is 6.18 Å². The van der Waals surface area contributed by atoms with E-state index in [1.807, 2.05) is 0 Å². The van der Waals surface area contributed by atoms with Gasteiger partial charge in [-0.3, -0.25) is 0 Å². The molecule has 0 atom stereocenters. The fraction of sp³-hybridized carbons (Fsp3) is 0.182. The van der Waals surface area contributed by atoms with Gasteiger partial charge < -0.3 is 5.73 Å². The van der Waals surface area contributed by atoms with Crippen molar-refractivity contribution in [3.05, 3.63) is 46.7 Å². The van der Waals surface area contributed by atoms with Crippen LogP contribution in [0.1, 0.15) is 11.3 Å². The molecule has 0 fully saturated rings. The number of nitrogens with two attached hydrogens (primary N) is 1. The Bertz CT molecular complexity index is 563. The number of rotatable bonds is 2. The first-order chi connectivity index (χ1) is 8.41.